The van der Waals surface area contributed by atoms with Crippen molar-refractivity contribution in [3.05, 3.63) is 30.3 Å². The van der Waals surface area contributed by atoms with Crippen LogP contribution in [0.4, 0.5) is 0 Å². The van der Waals surface area contributed by atoms with Gasteiger partial charge in [0.05, 0.1) is 14.8 Å². The number of hydrogen-bond donors (Lipinski definition) is 3. The summed E-state index contributed by atoms with van der Waals surface area (Å²) in [6.45, 7) is 11.7. The van der Waals surface area contributed by atoms with Crippen LogP contribution >= 0.6 is 8.15 Å². The van der Waals surface area contributed by atoms with Crippen molar-refractivity contribution in [2.24, 2.45) is 0 Å². The van der Waals surface area contributed by atoms with Gasteiger partial charge in [-0.05, 0) is 65.2 Å². The molecule has 0 spiro atoms. The van der Waals surface area contributed by atoms with Gasteiger partial charge in [0.25, 0.3) is 0 Å². The fraction of sp³-hybridized carbons (Fsp3) is 0.667. The van der Waals surface area contributed by atoms with Crippen LogP contribution in [0.1, 0.15) is 26.2 Å². The summed E-state index contributed by atoms with van der Waals surface area (Å²) in [6.07, 6.45) is 3.47. The summed E-state index contributed by atoms with van der Waals surface area (Å²) in [4.78, 5) is 0. The Balaban J connectivity index is 1.81. The molecule has 0 aliphatic rings. The maximum absolute atomic E-state index is 5.93. The van der Waals surface area contributed by atoms with Crippen molar-refractivity contribution in [3.8, 4) is 0 Å². The Morgan fingerprint density at radius 1 is 0.826 bits per heavy atom. The van der Waals surface area contributed by atoms with Gasteiger partial charge in [0.15, 0.2) is 0 Å². The van der Waals surface area contributed by atoms with Gasteiger partial charge >= 0.3 is 0 Å². The third kappa shape index (κ3) is 11.6. The van der Waals surface area contributed by atoms with E-state index in [1.165, 1.54) is 18.1 Å². The second-order valence-electron chi connectivity index (χ2n) is 5.58. The molecule has 0 saturated heterocycles. The van der Waals surface area contributed by atoms with Gasteiger partial charge in [-0.15, -0.1) is 0 Å². The number of nitrogens with one attached hydrogen (secondary N) is 3. The molecule has 1 rings (SSSR count). The van der Waals surface area contributed by atoms with Gasteiger partial charge < -0.3 is 20.5 Å². The van der Waals surface area contributed by atoms with Gasteiger partial charge in [-0.3, -0.25) is 0 Å². The lowest BCUT2D eigenvalue weighted by Gasteiger charge is -2.13. The first-order valence-corrected chi connectivity index (χ1v) is 10.6. The summed E-state index contributed by atoms with van der Waals surface area (Å²) in [5.41, 5.74) is 0. The van der Waals surface area contributed by atoms with Crippen molar-refractivity contribution >= 4 is 13.5 Å². The van der Waals surface area contributed by atoms with Crippen LogP contribution in [0.3, 0.4) is 0 Å². The van der Waals surface area contributed by atoms with Crippen LogP contribution < -0.4 is 21.3 Å². The third-order valence-electron chi connectivity index (χ3n) is 3.57. The quantitative estimate of drug-likeness (QED) is 0.339. The number of rotatable bonds is 15. The molecule has 1 unspecified atom stereocenters. The van der Waals surface area contributed by atoms with Crippen molar-refractivity contribution in [2.45, 2.75) is 26.2 Å². The lowest BCUT2D eigenvalue weighted by atomic mass is 10.3. The Labute approximate surface area is 143 Å². The average Bonchev–Trinajstić information content (AvgIpc) is 2.59. The fourth-order valence-electron chi connectivity index (χ4n) is 2.21. The third-order valence-corrected chi connectivity index (χ3v) is 5.16. The Bertz CT molecular complexity index is 365. The molecule has 23 heavy (non-hydrogen) atoms. The van der Waals surface area contributed by atoms with E-state index in [9.17, 15) is 0 Å². The van der Waals surface area contributed by atoms with Crippen LogP contribution in [0, 0.1) is 0 Å². The highest BCUT2D eigenvalue weighted by Crippen LogP contribution is 2.30. The normalized spacial score (nSPS) is 12.4. The summed E-state index contributed by atoms with van der Waals surface area (Å²) >= 11 is 0. The van der Waals surface area contributed by atoms with Gasteiger partial charge in [0.2, 0.25) is 0 Å². The minimum absolute atomic E-state index is 0.458. The standard InChI is InChI=1S/C18H34N3OP/c1-3-19-12-7-13-20-14-8-15-21-16-9-17-22-23(2)18-10-5-4-6-11-18/h4-6,10-11,19-21H,3,7-9,12-17H2,1-2H3. The van der Waals surface area contributed by atoms with E-state index in [2.05, 4.69) is 53.8 Å². The summed E-state index contributed by atoms with van der Waals surface area (Å²) in [5.74, 6) is 0. The smallest absolute Gasteiger partial charge is 0.0571 e. The molecule has 0 aliphatic carbocycles. The summed E-state index contributed by atoms with van der Waals surface area (Å²) in [7, 11) is -0.458. The van der Waals surface area contributed by atoms with Crippen LogP contribution in [-0.2, 0) is 4.52 Å². The van der Waals surface area contributed by atoms with Crippen molar-refractivity contribution in [2.75, 3.05) is 52.5 Å². The summed E-state index contributed by atoms with van der Waals surface area (Å²) < 4.78 is 5.93. The van der Waals surface area contributed by atoms with Gasteiger partial charge in [0, 0.05) is 5.30 Å². The molecular weight excluding hydrogens is 305 g/mol. The lowest BCUT2D eigenvalue weighted by molar-refractivity contribution is 0.346. The zero-order valence-electron chi connectivity index (χ0n) is 14.8. The van der Waals surface area contributed by atoms with Gasteiger partial charge in [-0.25, -0.2) is 0 Å². The van der Waals surface area contributed by atoms with Crippen molar-refractivity contribution in [1.29, 1.82) is 0 Å². The molecule has 0 fully saturated rings. The van der Waals surface area contributed by atoms with Crippen LogP contribution in [0.25, 0.3) is 0 Å². The highest BCUT2D eigenvalue weighted by molar-refractivity contribution is 7.60. The Morgan fingerprint density at radius 2 is 1.39 bits per heavy atom. The summed E-state index contributed by atoms with van der Waals surface area (Å²) in [5, 5.41) is 11.6. The van der Waals surface area contributed by atoms with Gasteiger partial charge in [-0.2, -0.15) is 0 Å². The van der Waals surface area contributed by atoms with E-state index < -0.39 is 8.15 Å². The van der Waals surface area contributed by atoms with E-state index in [1.807, 2.05) is 6.07 Å². The van der Waals surface area contributed by atoms with Crippen LogP contribution in [0.15, 0.2) is 30.3 Å². The highest BCUT2D eigenvalue weighted by Gasteiger charge is 2.03. The lowest BCUT2D eigenvalue weighted by Crippen LogP contribution is -2.25. The van der Waals surface area contributed by atoms with Crippen LogP contribution in [0.5, 0.6) is 0 Å². The average molecular weight is 339 g/mol. The highest BCUT2D eigenvalue weighted by atomic mass is 31.1. The van der Waals surface area contributed by atoms with E-state index in [0.717, 1.165) is 52.3 Å². The minimum atomic E-state index is -0.458. The molecule has 0 aromatic heterocycles. The minimum Gasteiger partial charge on any atom is -0.355 e. The second-order valence-corrected chi connectivity index (χ2v) is 7.35. The van der Waals surface area contributed by atoms with Gasteiger partial charge in [-0.1, -0.05) is 37.3 Å². The molecule has 0 heterocycles. The molecule has 0 aliphatic heterocycles. The van der Waals surface area contributed by atoms with Gasteiger partial charge in [0.1, 0.15) is 0 Å². The van der Waals surface area contributed by atoms with E-state index in [0.29, 0.717) is 0 Å². The molecule has 5 heteroatoms. The molecule has 1 aromatic rings. The summed E-state index contributed by atoms with van der Waals surface area (Å²) in [6, 6.07) is 10.5. The first kappa shape index (κ1) is 20.5. The zero-order valence-corrected chi connectivity index (χ0v) is 15.7. The Morgan fingerprint density at radius 3 is 2.00 bits per heavy atom. The molecular formula is C18H34N3OP. The van der Waals surface area contributed by atoms with Crippen molar-refractivity contribution < 1.29 is 4.52 Å². The molecule has 1 atom stereocenters. The van der Waals surface area contributed by atoms with E-state index in [4.69, 9.17) is 4.52 Å². The van der Waals surface area contributed by atoms with E-state index in [-0.39, 0.29) is 0 Å². The molecule has 0 saturated carbocycles. The first-order valence-electron chi connectivity index (χ1n) is 8.88. The maximum Gasteiger partial charge on any atom is 0.0571 e. The van der Waals surface area contributed by atoms with E-state index in [1.54, 1.807) is 0 Å². The SMILES string of the molecule is CCNCCCNCCCNCCCOP(C)c1ccccc1. The molecule has 0 bridgehead atoms. The predicted molar refractivity (Wildman–Crippen MR) is 103 cm³/mol. The van der Waals surface area contributed by atoms with Crippen LogP contribution in [0.2, 0.25) is 0 Å². The molecule has 0 amide bonds. The molecule has 132 valence electrons. The number of hydrogen-bond acceptors (Lipinski definition) is 4. The molecule has 3 N–H and O–H groups in total. The Hall–Kier alpha value is -0.510. The van der Waals surface area contributed by atoms with Crippen molar-refractivity contribution in [3.63, 3.8) is 0 Å². The monoisotopic (exact) mass is 339 g/mol. The first-order chi connectivity index (χ1) is 11.3. The Kier molecular flexibility index (Phi) is 13.4. The largest absolute Gasteiger partial charge is 0.355 e. The number of benzene rings is 1. The van der Waals surface area contributed by atoms with E-state index >= 15 is 0 Å². The maximum atomic E-state index is 5.93. The molecule has 4 nitrogen and oxygen atoms in total. The topological polar surface area (TPSA) is 45.3 Å². The molecule has 0 radical (unpaired) electrons. The van der Waals surface area contributed by atoms with Crippen LogP contribution in [-0.4, -0.2) is 52.5 Å². The fourth-order valence-corrected chi connectivity index (χ4v) is 3.36. The van der Waals surface area contributed by atoms with Crippen molar-refractivity contribution in [1.82, 2.24) is 16.0 Å². The molecule has 1 aromatic carbocycles. The second kappa shape index (κ2) is 15.0. The zero-order chi connectivity index (χ0) is 16.6. The predicted octanol–water partition coefficient (Wildman–Crippen LogP) is 2.31.